The van der Waals surface area contributed by atoms with E-state index in [1.807, 2.05) is 24.3 Å². The molecule has 1 amide bonds. The standard InChI is InChI=1S/C19H23NO2/c21-19(20-11-4-12-22-14-15-9-10-15)13-17-7-3-6-16-5-1-2-8-18(16)17/h1-3,5-8,15H,4,9-14H2,(H,20,21). The SMILES string of the molecule is O=C(Cc1cccc2ccccc12)NCCCOCC1CC1. The van der Waals surface area contributed by atoms with Crippen LogP contribution in [-0.2, 0) is 16.0 Å². The van der Waals surface area contributed by atoms with Gasteiger partial charge in [0.25, 0.3) is 0 Å². The predicted molar refractivity (Wildman–Crippen MR) is 88.8 cm³/mol. The second-order valence-corrected chi connectivity index (χ2v) is 6.04. The number of carbonyl (C=O) groups is 1. The summed E-state index contributed by atoms with van der Waals surface area (Å²) in [6.07, 6.45) is 3.96. The summed E-state index contributed by atoms with van der Waals surface area (Å²) in [5, 5.41) is 5.32. The molecule has 116 valence electrons. The Hall–Kier alpha value is -1.87. The van der Waals surface area contributed by atoms with Gasteiger partial charge in [0.05, 0.1) is 6.42 Å². The van der Waals surface area contributed by atoms with Gasteiger partial charge in [0.2, 0.25) is 5.91 Å². The van der Waals surface area contributed by atoms with Crippen molar-refractivity contribution in [2.45, 2.75) is 25.7 Å². The first-order chi connectivity index (χ1) is 10.8. The predicted octanol–water partition coefficient (Wildman–Crippen LogP) is 3.32. The molecule has 0 heterocycles. The van der Waals surface area contributed by atoms with Crippen molar-refractivity contribution in [1.29, 1.82) is 0 Å². The van der Waals surface area contributed by atoms with E-state index in [0.717, 1.165) is 36.5 Å². The Morgan fingerprint density at radius 2 is 1.95 bits per heavy atom. The highest BCUT2D eigenvalue weighted by Crippen LogP contribution is 2.28. The van der Waals surface area contributed by atoms with Gasteiger partial charge in [-0.05, 0) is 41.5 Å². The zero-order chi connectivity index (χ0) is 15.2. The first-order valence-electron chi connectivity index (χ1n) is 8.14. The number of nitrogens with one attached hydrogen (secondary N) is 1. The molecule has 1 saturated carbocycles. The molecule has 2 aromatic rings. The minimum Gasteiger partial charge on any atom is -0.381 e. The number of fused-ring (bicyclic) bond motifs is 1. The van der Waals surface area contributed by atoms with Gasteiger partial charge in [-0.1, -0.05) is 42.5 Å². The highest BCUT2D eigenvalue weighted by atomic mass is 16.5. The summed E-state index contributed by atoms with van der Waals surface area (Å²) in [5.74, 6) is 0.888. The van der Waals surface area contributed by atoms with E-state index in [0.29, 0.717) is 13.0 Å². The lowest BCUT2D eigenvalue weighted by Crippen LogP contribution is -2.27. The topological polar surface area (TPSA) is 38.3 Å². The van der Waals surface area contributed by atoms with Crippen molar-refractivity contribution in [1.82, 2.24) is 5.32 Å². The van der Waals surface area contributed by atoms with Crippen LogP contribution in [0.1, 0.15) is 24.8 Å². The van der Waals surface area contributed by atoms with E-state index in [1.54, 1.807) is 0 Å². The Morgan fingerprint density at radius 3 is 2.82 bits per heavy atom. The van der Waals surface area contributed by atoms with E-state index in [2.05, 4.69) is 23.5 Å². The minimum absolute atomic E-state index is 0.0820. The van der Waals surface area contributed by atoms with Crippen LogP contribution in [0.2, 0.25) is 0 Å². The molecule has 1 fully saturated rings. The Bertz CT molecular complexity index is 629. The average molecular weight is 297 g/mol. The first kappa shape index (κ1) is 15.0. The van der Waals surface area contributed by atoms with Gasteiger partial charge in [-0.25, -0.2) is 0 Å². The summed E-state index contributed by atoms with van der Waals surface area (Å²) >= 11 is 0. The van der Waals surface area contributed by atoms with Crippen LogP contribution in [0.25, 0.3) is 10.8 Å². The van der Waals surface area contributed by atoms with Crippen molar-refractivity contribution in [3.8, 4) is 0 Å². The quantitative estimate of drug-likeness (QED) is 0.759. The van der Waals surface area contributed by atoms with Crippen molar-refractivity contribution < 1.29 is 9.53 Å². The number of benzene rings is 2. The van der Waals surface area contributed by atoms with Gasteiger partial charge in [-0.3, -0.25) is 4.79 Å². The number of hydrogen-bond acceptors (Lipinski definition) is 2. The zero-order valence-corrected chi connectivity index (χ0v) is 12.9. The molecule has 0 atom stereocenters. The van der Waals surface area contributed by atoms with Crippen LogP contribution in [0.5, 0.6) is 0 Å². The molecule has 3 nitrogen and oxygen atoms in total. The molecular formula is C19H23NO2. The number of carbonyl (C=O) groups excluding carboxylic acids is 1. The molecule has 0 saturated heterocycles. The maximum absolute atomic E-state index is 12.1. The van der Waals surface area contributed by atoms with Gasteiger partial charge in [0.15, 0.2) is 0 Å². The molecule has 2 aromatic carbocycles. The molecule has 0 unspecified atom stereocenters. The van der Waals surface area contributed by atoms with E-state index in [-0.39, 0.29) is 5.91 Å². The monoisotopic (exact) mass is 297 g/mol. The van der Waals surface area contributed by atoms with Crippen molar-refractivity contribution in [2.24, 2.45) is 5.92 Å². The van der Waals surface area contributed by atoms with Gasteiger partial charge in [0, 0.05) is 19.8 Å². The Morgan fingerprint density at radius 1 is 1.14 bits per heavy atom. The maximum Gasteiger partial charge on any atom is 0.224 e. The fourth-order valence-corrected chi connectivity index (χ4v) is 2.62. The van der Waals surface area contributed by atoms with Gasteiger partial charge in [-0.15, -0.1) is 0 Å². The molecule has 0 aromatic heterocycles. The highest BCUT2D eigenvalue weighted by molar-refractivity contribution is 5.90. The molecule has 1 N–H and O–H groups in total. The molecular weight excluding hydrogens is 274 g/mol. The van der Waals surface area contributed by atoms with Crippen LogP contribution < -0.4 is 5.32 Å². The normalized spacial score (nSPS) is 14.2. The summed E-state index contributed by atoms with van der Waals surface area (Å²) in [4.78, 5) is 12.1. The van der Waals surface area contributed by atoms with Crippen LogP contribution >= 0.6 is 0 Å². The van der Waals surface area contributed by atoms with Gasteiger partial charge in [0.1, 0.15) is 0 Å². The molecule has 0 bridgehead atoms. The molecule has 0 radical (unpaired) electrons. The summed E-state index contributed by atoms with van der Waals surface area (Å²) in [6.45, 7) is 2.32. The summed E-state index contributed by atoms with van der Waals surface area (Å²) in [5.41, 5.74) is 1.08. The Kier molecular flexibility index (Phi) is 5.07. The van der Waals surface area contributed by atoms with E-state index in [9.17, 15) is 4.79 Å². The molecule has 3 heteroatoms. The summed E-state index contributed by atoms with van der Waals surface area (Å²) in [6, 6.07) is 14.3. The number of rotatable bonds is 8. The van der Waals surface area contributed by atoms with Crippen LogP contribution in [0.3, 0.4) is 0 Å². The first-order valence-corrected chi connectivity index (χ1v) is 8.14. The molecule has 3 rings (SSSR count). The molecule has 0 aliphatic heterocycles. The second-order valence-electron chi connectivity index (χ2n) is 6.04. The molecule has 1 aliphatic carbocycles. The molecule has 22 heavy (non-hydrogen) atoms. The average Bonchev–Trinajstić information content (AvgIpc) is 3.35. The molecule has 1 aliphatic rings. The highest BCUT2D eigenvalue weighted by Gasteiger charge is 2.20. The second kappa shape index (κ2) is 7.41. The summed E-state index contributed by atoms with van der Waals surface area (Å²) < 4.78 is 5.56. The molecule has 0 spiro atoms. The van der Waals surface area contributed by atoms with E-state index in [4.69, 9.17) is 4.74 Å². The fourth-order valence-electron chi connectivity index (χ4n) is 2.62. The summed E-state index contributed by atoms with van der Waals surface area (Å²) in [7, 11) is 0. The third-order valence-corrected chi connectivity index (χ3v) is 4.07. The van der Waals surface area contributed by atoms with Crippen molar-refractivity contribution in [3.05, 3.63) is 48.0 Å². The Labute approximate surface area is 131 Å². The third-order valence-electron chi connectivity index (χ3n) is 4.07. The zero-order valence-electron chi connectivity index (χ0n) is 12.9. The van der Waals surface area contributed by atoms with Crippen molar-refractivity contribution >= 4 is 16.7 Å². The Balaban J connectivity index is 1.42. The fraction of sp³-hybridized carbons (Fsp3) is 0.421. The largest absolute Gasteiger partial charge is 0.381 e. The minimum atomic E-state index is 0.0820. The van der Waals surface area contributed by atoms with Gasteiger partial charge < -0.3 is 10.1 Å². The smallest absolute Gasteiger partial charge is 0.224 e. The van der Waals surface area contributed by atoms with Crippen LogP contribution in [0.15, 0.2) is 42.5 Å². The maximum atomic E-state index is 12.1. The number of ether oxygens (including phenoxy) is 1. The van der Waals surface area contributed by atoms with Gasteiger partial charge in [-0.2, -0.15) is 0 Å². The number of amides is 1. The lowest BCUT2D eigenvalue weighted by atomic mass is 10.0. The van der Waals surface area contributed by atoms with Gasteiger partial charge >= 0.3 is 0 Å². The van der Waals surface area contributed by atoms with Crippen LogP contribution in [0.4, 0.5) is 0 Å². The van der Waals surface area contributed by atoms with Crippen molar-refractivity contribution in [3.63, 3.8) is 0 Å². The van der Waals surface area contributed by atoms with Crippen molar-refractivity contribution in [2.75, 3.05) is 19.8 Å². The van der Waals surface area contributed by atoms with E-state index in [1.165, 1.54) is 18.2 Å². The third kappa shape index (κ3) is 4.31. The lowest BCUT2D eigenvalue weighted by molar-refractivity contribution is -0.120. The van der Waals surface area contributed by atoms with E-state index >= 15 is 0 Å². The van der Waals surface area contributed by atoms with Crippen LogP contribution in [0, 0.1) is 5.92 Å². The lowest BCUT2D eigenvalue weighted by Gasteiger charge is -2.08. The van der Waals surface area contributed by atoms with E-state index < -0.39 is 0 Å². The van der Waals surface area contributed by atoms with Crippen LogP contribution in [-0.4, -0.2) is 25.7 Å². The number of hydrogen-bond donors (Lipinski definition) is 1.